The molecule has 4 nitrogen and oxygen atoms in total. The Labute approximate surface area is 117 Å². The highest BCUT2D eigenvalue weighted by atomic mass is 19.1. The van der Waals surface area contributed by atoms with Gasteiger partial charge in [0.1, 0.15) is 5.82 Å². The maximum absolute atomic E-state index is 13.7. The van der Waals surface area contributed by atoms with E-state index in [1.807, 2.05) is 6.92 Å². The van der Waals surface area contributed by atoms with E-state index in [0.29, 0.717) is 30.9 Å². The molecule has 0 aromatic heterocycles. The highest BCUT2D eigenvalue weighted by molar-refractivity contribution is 5.85. The SMILES string of the molecule is CCCOCCOCc1ccc(C=CC(=O)O)cc1F. The van der Waals surface area contributed by atoms with E-state index in [-0.39, 0.29) is 6.61 Å². The Bertz CT molecular complexity index is 457. The number of carboxylic acid groups (broad SMARTS) is 1. The number of hydrogen-bond acceptors (Lipinski definition) is 3. The number of carboxylic acids is 1. The van der Waals surface area contributed by atoms with E-state index in [1.54, 1.807) is 12.1 Å². The summed E-state index contributed by atoms with van der Waals surface area (Å²) in [7, 11) is 0. The summed E-state index contributed by atoms with van der Waals surface area (Å²) in [6.07, 6.45) is 3.27. The standard InChI is InChI=1S/C15H19FO4/c1-2-7-19-8-9-20-11-13-5-3-12(10-14(13)16)4-6-15(17)18/h3-6,10H,2,7-9,11H2,1H3,(H,17,18). The Kier molecular flexibility index (Phi) is 7.54. The Morgan fingerprint density at radius 2 is 2.05 bits per heavy atom. The Balaban J connectivity index is 2.42. The molecule has 1 aromatic rings. The zero-order valence-corrected chi connectivity index (χ0v) is 11.5. The molecule has 5 heteroatoms. The Morgan fingerprint density at radius 3 is 2.70 bits per heavy atom. The quantitative estimate of drug-likeness (QED) is 0.559. The molecule has 0 radical (unpaired) electrons. The maximum Gasteiger partial charge on any atom is 0.328 e. The van der Waals surface area contributed by atoms with Crippen molar-refractivity contribution < 1.29 is 23.8 Å². The minimum absolute atomic E-state index is 0.171. The lowest BCUT2D eigenvalue weighted by Crippen LogP contribution is -2.05. The number of ether oxygens (including phenoxy) is 2. The number of rotatable bonds is 9. The minimum atomic E-state index is -1.06. The molecule has 0 bridgehead atoms. The van der Waals surface area contributed by atoms with Crippen LogP contribution in [0.4, 0.5) is 4.39 Å². The summed E-state index contributed by atoms with van der Waals surface area (Å²) in [6, 6.07) is 4.52. The van der Waals surface area contributed by atoms with E-state index in [4.69, 9.17) is 14.6 Å². The first-order chi connectivity index (χ1) is 9.63. The second-order valence-electron chi connectivity index (χ2n) is 4.19. The van der Waals surface area contributed by atoms with Crippen LogP contribution in [0.2, 0.25) is 0 Å². The summed E-state index contributed by atoms with van der Waals surface area (Å²) in [5.74, 6) is -1.48. The zero-order valence-electron chi connectivity index (χ0n) is 11.5. The monoisotopic (exact) mass is 282 g/mol. The van der Waals surface area contributed by atoms with Crippen molar-refractivity contribution in [2.75, 3.05) is 19.8 Å². The van der Waals surface area contributed by atoms with Crippen molar-refractivity contribution in [1.82, 2.24) is 0 Å². The van der Waals surface area contributed by atoms with Gasteiger partial charge in [0.05, 0.1) is 19.8 Å². The van der Waals surface area contributed by atoms with Crippen LogP contribution in [-0.2, 0) is 20.9 Å². The molecular formula is C15H19FO4. The molecule has 0 amide bonds. The third-order valence-electron chi connectivity index (χ3n) is 2.47. The van der Waals surface area contributed by atoms with Gasteiger partial charge in [0.2, 0.25) is 0 Å². The molecule has 0 saturated carbocycles. The van der Waals surface area contributed by atoms with Crippen LogP contribution < -0.4 is 0 Å². The first-order valence-electron chi connectivity index (χ1n) is 6.48. The zero-order chi connectivity index (χ0) is 14.8. The molecule has 1 rings (SSSR count). The highest BCUT2D eigenvalue weighted by Gasteiger charge is 2.03. The molecular weight excluding hydrogens is 263 g/mol. The summed E-state index contributed by atoms with van der Waals surface area (Å²) < 4.78 is 24.3. The molecule has 1 aromatic carbocycles. The van der Waals surface area contributed by atoms with Crippen molar-refractivity contribution in [3.05, 3.63) is 41.2 Å². The van der Waals surface area contributed by atoms with Gasteiger partial charge in [-0.1, -0.05) is 19.1 Å². The topological polar surface area (TPSA) is 55.8 Å². The number of aliphatic carboxylic acids is 1. The maximum atomic E-state index is 13.7. The summed E-state index contributed by atoms with van der Waals surface area (Å²) >= 11 is 0. The summed E-state index contributed by atoms with van der Waals surface area (Å²) in [4.78, 5) is 10.4. The molecule has 0 unspecified atom stereocenters. The smallest absolute Gasteiger partial charge is 0.328 e. The second kappa shape index (κ2) is 9.23. The van der Waals surface area contributed by atoms with Crippen molar-refractivity contribution in [3.63, 3.8) is 0 Å². The van der Waals surface area contributed by atoms with Crippen LogP contribution in [0.1, 0.15) is 24.5 Å². The van der Waals surface area contributed by atoms with Gasteiger partial charge in [0.25, 0.3) is 0 Å². The van der Waals surface area contributed by atoms with Gasteiger partial charge in [-0.05, 0) is 24.1 Å². The second-order valence-corrected chi connectivity index (χ2v) is 4.19. The molecule has 0 aliphatic carbocycles. The van der Waals surface area contributed by atoms with Crippen LogP contribution in [-0.4, -0.2) is 30.9 Å². The van der Waals surface area contributed by atoms with Crippen molar-refractivity contribution >= 4 is 12.0 Å². The molecule has 0 atom stereocenters. The van der Waals surface area contributed by atoms with E-state index in [0.717, 1.165) is 12.5 Å². The summed E-state index contributed by atoms with van der Waals surface area (Å²) in [5, 5.41) is 8.49. The molecule has 0 saturated heterocycles. The summed E-state index contributed by atoms with van der Waals surface area (Å²) in [6.45, 7) is 3.80. The van der Waals surface area contributed by atoms with Crippen LogP contribution >= 0.6 is 0 Å². The van der Waals surface area contributed by atoms with Crippen LogP contribution in [0, 0.1) is 5.82 Å². The van der Waals surface area contributed by atoms with Gasteiger partial charge in [0, 0.05) is 18.2 Å². The number of benzene rings is 1. The molecule has 0 aliphatic rings. The third kappa shape index (κ3) is 6.45. The molecule has 110 valence electrons. The van der Waals surface area contributed by atoms with Crippen molar-refractivity contribution in [2.45, 2.75) is 20.0 Å². The number of hydrogen-bond donors (Lipinski definition) is 1. The molecule has 0 aliphatic heterocycles. The average molecular weight is 282 g/mol. The Hall–Kier alpha value is -1.72. The van der Waals surface area contributed by atoms with Gasteiger partial charge >= 0.3 is 5.97 Å². The first-order valence-corrected chi connectivity index (χ1v) is 6.48. The summed E-state index contributed by atoms with van der Waals surface area (Å²) in [5.41, 5.74) is 0.938. The predicted octanol–water partition coefficient (Wildman–Crippen LogP) is 2.87. The van der Waals surface area contributed by atoms with Crippen LogP contribution in [0.5, 0.6) is 0 Å². The normalized spacial score (nSPS) is 11.1. The highest BCUT2D eigenvalue weighted by Crippen LogP contribution is 2.13. The van der Waals surface area contributed by atoms with Gasteiger partial charge in [0.15, 0.2) is 0 Å². The van der Waals surface area contributed by atoms with Crippen molar-refractivity contribution in [3.8, 4) is 0 Å². The van der Waals surface area contributed by atoms with Gasteiger partial charge in [-0.3, -0.25) is 0 Å². The fraction of sp³-hybridized carbons (Fsp3) is 0.400. The third-order valence-corrected chi connectivity index (χ3v) is 2.47. The van der Waals surface area contributed by atoms with E-state index < -0.39 is 11.8 Å². The molecule has 0 spiro atoms. The van der Waals surface area contributed by atoms with Crippen LogP contribution in [0.3, 0.4) is 0 Å². The van der Waals surface area contributed by atoms with E-state index >= 15 is 0 Å². The average Bonchev–Trinajstić information content (AvgIpc) is 2.42. The largest absolute Gasteiger partial charge is 0.478 e. The first kappa shape index (κ1) is 16.3. The van der Waals surface area contributed by atoms with Gasteiger partial charge in [-0.2, -0.15) is 0 Å². The predicted molar refractivity (Wildman–Crippen MR) is 73.8 cm³/mol. The van der Waals surface area contributed by atoms with E-state index in [2.05, 4.69) is 0 Å². The van der Waals surface area contributed by atoms with E-state index in [1.165, 1.54) is 12.1 Å². The van der Waals surface area contributed by atoms with Crippen LogP contribution in [0.25, 0.3) is 6.08 Å². The van der Waals surface area contributed by atoms with Crippen molar-refractivity contribution in [1.29, 1.82) is 0 Å². The molecule has 1 N–H and O–H groups in total. The minimum Gasteiger partial charge on any atom is -0.478 e. The lowest BCUT2D eigenvalue weighted by molar-refractivity contribution is -0.131. The van der Waals surface area contributed by atoms with Gasteiger partial charge < -0.3 is 14.6 Å². The molecule has 0 fully saturated rings. The molecule has 20 heavy (non-hydrogen) atoms. The number of carbonyl (C=O) groups is 1. The van der Waals surface area contributed by atoms with E-state index in [9.17, 15) is 9.18 Å². The lowest BCUT2D eigenvalue weighted by atomic mass is 10.1. The van der Waals surface area contributed by atoms with Gasteiger partial charge in [-0.25, -0.2) is 9.18 Å². The fourth-order valence-electron chi connectivity index (χ4n) is 1.50. The van der Waals surface area contributed by atoms with Crippen molar-refractivity contribution in [2.24, 2.45) is 0 Å². The molecule has 0 heterocycles. The van der Waals surface area contributed by atoms with Crippen LogP contribution in [0.15, 0.2) is 24.3 Å². The number of halogens is 1. The fourth-order valence-corrected chi connectivity index (χ4v) is 1.50. The Morgan fingerprint density at radius 1 is 1.30 bits per heavy atom. The van der Waals surface area contributed by atoms with Gasteiger partial charge in [-0.15, -0.1) is 0 Å². The lowest BCUT2D eigenvalue weighted by Gasteiger charge is -2.06.